The number of carbonyl (C=O) groups is 2. The van der Waals surface area contributed by atoms with Gasteiger partial charge in [-0.25, -0.2) is 15.4 Å². The van der Waals surface area contributed by atoms with Crippen LogP contribution in [0.3, 0.4) is 0 Å². The first-order valence-electron chi connectivity index (χ1n) is 8.75. The SMILES string of the molecule is CCC1=NN(C(N)=O)C(=O)C1=CC=C(C)C=Cc1c(CC)[nH]n(CON)c1=O. The summed E-state index contributed by atoms with van der Waals surface area (Å²) in [7, 11) is 0. The minimum Gasteiger partial charge on any atom is -0.350 e. The lowest BCUT2D eigenvalue weighted by Gasteiger charge is -2.03. The highest BCUT2D eigenvalue weighted by Gasteiger charge is 2.31. The predicted octanol–water partition coefficient (Wildman–Crippen LogP) is 1.16. The molecule has 0 radical (unpaired) electrons. The van der Waals surface area contributed by atoms with Gasteiger partial charge in [0.05, 0.1) is 16.8 Å². The minimum atomic E-state index is -0.919. The number of rotatable bonds is 7. The molecule has 1 aromatic heterocycles. The molecule has 1 aromatic rings. The highest BCUT2D eigenvalue weighted by atomic mass is 16.6. The standard InChI is InChI=1S/C18H24N6O4/c1-4-14-12(16(25)23(21-14)10-28-20)8-6-11(3)7-9-13-15(5-2)22-24(17(13)26)18(19)27/h6-9,21H,4-5,10,20H2,1-3H3,(H2,19,27). The Morgan fingerprint density at radius 2 is 2.00 bits per heavy atom. The van der Waals surface area contributed by atoms with Crippen LogP contribution < -0.4 is 17.2 Å². The number of nitrogens with one attached hydrogen (secondary N) is 1. The number of urea groups is 1. The molecule has 0 saturated heterocycles. The van der Waals surface area contributed by atoms with Gasteiger partial charge in [-0.2, -0.15) is 5.10 Å². The summed E-state index contributed by atoms with van der Waals surface area (Å²) in [6.45, 7) is 5.50. The van der Waals surface area contributed by atoms with Crippen molar-refractivity contribution in [2.45, 2.75) is 40.3 Å². The van der Waals surface area contributed by atoms with Crippen molar-refractivity contribution in [3.8, 4) is 0 Å². The van der Waals surface area contributed by atoms with Gasteiger partial charge < -0.3 is 5.73 Å². The van der Waals surface area contributed by atoms with Crippen molar-refractivity contribution in [3.63, 3.8) is 0 Å². The fraction of sp³-hybridized carbons (Fsp3) is 0.333. The second kappa shape index (κ2) is 9.11. The third-order valence-electron chi connectivity index (χ3n) is 4.15. The lowest BCUT2D eigenvalue weighted by atomic mass is 10.1. The molecule has 5 N–H and O–H groups in total. The first-order valence-corrected chi connectivity index (χ1v) is 8.75. The Hall–Kier alpha value is -3.24. The quantitative estimate of drug-likeness (QED) is 0.364. The van der Waals surface area contributed by atoms with E-state index in [-0.39, 0.29) is 12.3 Å². The second-order valence-electron chi connectivity index (χ2n) is 6.07. The summed E-state index contributed by atoms with van der Waals surface area (Å²) < 4.78 is 1.28. The van der Waals surface area contributed by atoms with Crippen LogP contribution in [0.2, 0.25) is 0 Å². The molecule has 3 amide bonds. The zero-order chi connectivity index (χ0) is 20.8. The summed E-state index contributed by atoms with van der Waals surface area (Å²) in [5, 5.41) is 7.53. The van der Waals surface area contributed by atoms with E-state index in [1.165, 1.54) is 4.68 Å². The van der Waals surface area contributed by atoms with Crippen LogP contribution in [-0.4, -0.2) is 32.4 Å². The van der Waals surface area contributed by atoms with Gasteiger partial charge in [-0.1, -0.05) is 31.6 Å². The van der Waals surface area contributed by atoms with Gasteiger partial charge in [-0.05, 0) is 31.9 Å². The van der Waals surface area contributed by atoms with Crippen LogP contribution in [0.4, 0.5) is 4.79 Å². The number of hydrazone groups is 1. The van der Waals surface area contributed by atoms with Gasteiger partial charge in [0.1, 0.15) is 0 Å². The number of primary amides is 1. The number of hydrogen-bond donors (Lipinski definition) is 3. The van der Waals surface area contributed by atoms with Crippen molar-refractivity contribution in [2.75, 3.05) is 0 Å². The zero-order valence-corrected chi connectivity index (χ0v) is 16.1. The van der Waals surface area contributed by atoms with Crippen LogP contribution in [0, 0.1) is 0 Å². The average molecular weight is 388 g/mol. The van der Waals surface area contributed by atoms with Gasteiger partial charge in [0, 0.05) is 5.69 Å². The number of nitrogens with two attached hydrogens (primary N) is 2. The third kappa shape index (κ3) is 4.35. The number of H-pyrrole nitrogens is 1. The molecule has 1 aliphatic heterocycles. The zero-order valence-electron chi connectivity index (χ0n) is 16.1. The molecule has 150 valence electrons. The number of hydrogen-bond acceptors (Lipinski definition) is 6. The van der Waals surface area contributed by atoms with Gasteiger partial charge in [-0.3, -0.25) is 19.5 Å². The molecule has 10 heteroatoms. The van der Waals surface area contributed by atoms with E-state index in [0.29, 0.717) is 34.7 Å². The molecule has 10 nitrogen and oxygen atoms in total. The number of aryl methyl sites for hydroxylation is 1. The maximum atomic E-state index is 12.3. The predicted molar refractivity (Wildman–Crippen MR) is 105 cm³/mol. The fourth-order valence-electron chi connectivity index (χ4n) is 2.68. The Balaban J connectivity index is 2.27. The fourth-order valence-corrected chi connectivity index (χ4v) is 2.68. The van der Waals surface area contributed by atoms with Crippen molar-refractivity contribution in [3.05, 3.63) is 51.0 Å². The van der Waals surface area contributed by atoms with Crippen LogP contribution in [0.1, 0.15) is 38.4 Å². The Morgan fingerprint density at radius 3 is 2.57 bits per heavy atom. The molecular weight excluding hydrogens is 364 g/mol. The summed E-state index contributed by atoms with van der Waals surface area (Å²) >= 11 is 0. The van der Waals surface area contributed by atoms with Gasteiger partial charge >= 0.3 is 6.03 Å². The summed E-state index contributed by atoms with van der Waals surface area (Å²) in [6, 6.07) is -0.919. The molecule has 28 heavy (non-hydrogen) atoms. The Bertz CT molecular complexity index is 948. The van der Waals surface area contributed by atoms with Crippen LogP contribution in [-0.2, 0) is 22.8 Å². The molecule has 0 aliphatic carbocycles. The van der Waals surface area contributed by atoms with E-state index in [2.05, 4.69) is 15.0 Å². The van der Waals surface area contributed by atoms with Crippen LogP contribution >= 0.6 is 0 Å². The Morgan fingerprint density at radius 1 is 1.29 bits per heavy atom. The maximum absolute atomic E-state index is 12.3. The van der Waals surface area contributed by atoms with Crippen molar-refractivity contribution in [1.29, 1.82) is 0 Å². The number of aromatic amines is 1. The van der Waals surface area contributed by atoms with Crippen LogP contribution in [0.15, 0.2) is 39.3 Å². The van der Waals surface area contributed by atoms with Crippen LogP contribution in [0.5, 0.6) is 0 Å². The molecule has 0 fully saturated rings. The topological polar surface area (TPSA) is 149 Å². The van der Waals surface area contributed by atoms with E-state index in [0.717, 1.165) is 11.3 Å². The third-order valence-corrected chi connectivity index (χ3v) is 4.15. The van der Waals surface area contributed by atoms with Gasteiger partial charge in [0.25, 0.3) is 11.5 Å². The van der Waals surface area contributed by atoms with E-state index in [1.807, 2.05) is 20.8 Å². The van der Waals surface area contributed by atoms with Gasteiger partial charge in [0.15, 0.2) is 6.73 Å². The molecule has 0 atom stereocenters. The van der Waals surface area contributed by atoms with Crippen molar-refractivity contribution >= 4 is 23.7 Å². The Labute approximate surface area is 161 Å². The first kappa shape index (κ1) is 21.1. The molecule has 0 aromatic carbocycles. The Kier molecular flexibility index (Phi) is 6.85. The van der Waals surface area contributed by atoms with Crippen molar-refractivity contribution in [2.24, 2.45) is 16.7 Å². The lowest BCUT2D eigenvalue weighted by molar-refractivity contribution is -0.122. The molecule has 0 saturated carbocycles. The molecule has 0 unspecified atom stereocenters. The van der Waals surface area contributed by atoms with Gasteiger partial charge in [-0.15, -0.1) is 5.01 Å². The summed E-state index contributed by atoms with van der Waals surface area (Å²) in [4.78, 5) is 40.4. The first-order chi connectivity index (χ1) is 13.3. The number of amides is 3. The second-order valence-corrected chi connectivity index (χ2v) is 6.07. The number of imide groups is 1. The number of carbonyl (C=O) groups excluding carboxylic acids is 2. The number of aromatic nitrogens is 2. The van der Waals surface area contributed by atoms with Crippen LogP contribution in [0.25, 0.3) is 6.08 Å². The molecule has 0 spiro atoms. The highest BCUT2D eigenvalue weighted by Crippen LogP contribution is 2.17. The minimum absolute atomic E-state index is 0.0712. The van der Waals surface area contributed by atoms with E-state index in [4.69, 9.17) is 11.6 Å². The lowest BCUT2D eigenvalue weighted by Crippen LogP contribution is -2.33. The number of allylic oxidation sites excluding steroid dienone is 4. The summed E-state index contributed by atoms with van der Waals surface area (Å²) in [5.41, 5.74) is 7.76. The van der Waals surface area contributed by atoms with Gasteiger partial charge in [0.2, 0.25) is 0 Å². The van der Waals surface area contributed by atoms with Crippen molar-refractivity contribution in [1.82, 2.24) is 14.8 Å². The molecule has 1 aliphatic rings. The average Bonchev–Trinajstić information content (AvgIpc) is 3.15. The molecular formula is C18H24N6O4. The summed E-state index contributed by atoms with van der Waals surface area (Å²) in [5.74, 6) is 4.48. The normalized spacial score (nSPS) is 16.5. The smallest absolute Gasteiger partial charge is 0.342 e. The van der Waals surface area contributed by atoms with Crippen molar-refractivity contribution < 1.29 is 14.4 Å². The summed E-state index contributed by atoms with van der Waals surface area (Å²) in [6.07, 6.45) is 7.85. The monoisotopic (exact) mass is 388 g/mol. The highest BCUT2D eigenvalue weighted by molar-refractivity contribution is 6.27. The van der Waals surface area contributed by atoms with E-state index >= 15 is 0 Å². The largest absolute Gasteiger partial charge is 0.350 e. The maximum Gasteiger partial charge on any atom is 0.342 e. The van der Waals surface area contributed by atoms with E-state index < -0.39 is 11.9 Å². The molecule has 2 rings (SSSR count). The van der Waals surface area contributed by atoms with E-state index in [9.17, 15) is 14.4 Å². The van der Waals surface area contributed by atoms with E-state index in [1.54, 1.807) is 24.3 Å². The molecule has 2 heterocycles. The number of nitrogens with zero attached hydrogens (tertiary/aromatic N) is 3. The molecule has 0 bridgehead atoms.